The van der Waals surface area contributed by atoms with Crippen molar-refractivity contribution < 1.29 is 19.4 Å². The van der Waals surface area contributed by atoms with Crippen molar-refractivity contribution in [3.8, 4) is 0 Å². The fourth-order valence-corrected chi connectivity index (χ4v) is 2.11. The lowest BCUT2D eigenvalue weighted by atomic mass is 9.97. The first-order valence-corrected chi connectivity index (χ1v) is 6.45. The maximum Gasteiger partial charge on any atom is 0.326 e. The van der Waals surface area contributed by atoms with Crippen molar-refractivity contribution in [1.29, 1.82) is 0 Å². The van der Waals surface area contributed by atoms with Crippen LogP contribution in [0.1, 0.15) is 12.0 Å². The van der Waals surface area contributed by atoms with Gasteiger partial charge in [0, 0.05) is 13.0 Å². The molecule has 0 saturated carbocycles. The number of aliphatic carboxylic acids is 1. The van der Waals surface area contributed by atoms with Crippen LogP contribution in [0.15, 0.2) is 30.3 Å². The molecule has 1 aliphatic heterocycles. The van der Waals surface area contributed by atoms with Crippen molar-refractivity contribution in [1.82, 2.24) is 5.32 Å². The average Bonchev–Trinajstić information content (AvgIpc) is 2.87. The number of amides is 1. The van der Waals surface area contributed by atoms with E-state index in [1.165, 1.54) is 0 Å². The van der Waals surface area contributed by atoms with Gasteiger partial charge in [-0.3, -0.25) is 4.79 Å². The summed E-state index contributed by atoms with van der Waals surface area (Å²) in [5.74, 6) is -1.55. The quantitative estimate of drug-likeness (QED) is 0.699. The van der Waals surface area contributed by atoms with Gasteiger partial charge in [0.05, 0.1) is 6.61 Å². The van der Waals surface area contributed by atoms with E-state index in [1.54, 1.807) is 0 Å². The highest BCUT2D eigenvalue weighted by atomic mass is 16.5. The summed E-state index contributed by atoms with van der Waals surface area (Å²) >= 11 is 0. The molecule has 1 unspecified atom stereocenters. The van der Waals surface area contributed by atoms with Crippen molar-refractivity contribution in [2.75, 3.05) is 13.2 Å². The Morgan fingerprint density at radius 3 is 2.65 bits per heavy atom. The number of nitrogens with two attached hydrogens (primary N) is 1. The van der Waals surface area contributed by atoms with E-state index >= 15 is 0 Å². The number of carboxylic acid groups (broad SMARTS) is 1. The fraction of sp³-hybridized carbons (Fsp3) is 0.429. The zero-order valence-electron chi connectivity index (χ0n) is 11.0. The first kappa shape index (κ1) is 14.5. The summed E-state index contributed by atoms with van der Waals surface area (Å²) < 4.78 is 5.11. The van der Waals surface area contributed by atoms with E-state index in [4.69, 9.17) is 10.5 Å². The summed E-state index contributed by atoms with van der Waals surface area (Å²) in [6.45, 7) is 0.539. The Kier molecular flexibility index (Phi) is 4.36. The average molecular weight is 278 g/mol. The first-order valence-electron chi connectivity index (χ1n) is 6.45. The molecule has 108 valence electrons. The SMILES string of the molecule is NC1(C(=O)N[C@H](Cc2ccccc2)C(=O)O)CCOC1. The minimum absolute atomic E-state index is 0.122. The lowest BCUT2D eigenvalue weighted by Gasteiger charge is -2.23. The number of ether oxygens (including phenoxy) is 1. The van der Waals surface area contributed by atoms with E-state index in [0.29, 0.717) is 13.0 Å². The van der Waals surface area contributed by atoms with Crippen LogP contribution in [-0.2, 0) is 20.7 Å². The highest BCUT2D eigenvalue weighted by Gasteiger charge is 2.39. The lowest BCUT2D eigenvalue weighted by molar-refractivity contribution is -0.142. The monoisotopic (exact) mass is 278 g/mol. The molecule has 2 rings (SSSR count). The zero-order valence-corrected chi connectivity index (χ0v) is 11.0. The number of benzene rings is 1. The third kappa shape index (κ3) is 3.34. The summed E-state index contributed by atoms with van der Waals surface area (Å²) in [7, 11) is 0. The molecule has 1 aromatic carbocycles. The van der Waals surface area contributed by atoms with Gasteiger partial charge in [0.25, 0.3) is 0 Å². The van der Waals surface area contributed by atoms with Crippen molar-refractivity contribution in [2.45, 2.75) is 24.4 Å². The molecule has 6 nitrogen and oxygen atoms in total. The van der Waals surface area contributed by atoms with Crippen molar-refractivity contribution in [3.05, 3.63) is 35.9 Å². The van der Waals surface area contributed by atoms with Crippen LogP contribution in [0.3, 0.4) is 0 Å². The molecule has 1 heterocycles. The number of hydrogen-bond acceptors (Lipinski definition) is 4. The van der Waals surface area contributed by atoms with Crippen LogP contribution in [0.5, 0.6) is 0 Å². The third-order valence-electron chi connectivity index (χ3n) is 3.39. The van der Waals surface area contributed by atoms with Gasteiger partial charge in [-0.25, -0.2) is 4.79 Å². The third-order valence-corrected chi connectivity index (χ3v) is 3.39. The zero-order chi connectivity index (χ0) is 14.6. The second kappa shape index (κ2) is 6.02. The minimum atomic E-state index is -1.12. The van der Waals surface area contributed by atoms with Gasteiger partial charge < -0.3 is 20.9 Å². The second-order valence-corrected chi connectivity index (χ2v) is 5.01. The molecule has 0 radical (unpaired) electrons. The van der Waals surface area contributed by atoms with E-state index in [2.05, 4.69) is 5.32 Å². The summed E-state index contributed by atoms with van der Waals surface area (Å²) in [5.41, 5.74) is 5.64. The van der Waals surface area contributed by atoms with Crippen LogP contribution in [-0.4, -0.2) is 41.8 Å². The normalized spacial score (nSPS) is 23.2. The van der Waals surface area contributed by atoms with Crippen LogP contribution < -0.4 is 11.1 Å². The highest BCUT2D eigenvalue weighted by molar-refractivity contribution is 5.90. The summed E-state index contributed by atoms with van der Waals surface area (Å²) in [6.07, 6.45) is 0.620. The molecule has 20 heavy (non-hydrogen) atoms. The fourth-order valence-electron chi connectivity index (χ4n) is 2.11. The van der Waals surface area contributed by atoms with E-state index in [0.717, 1.165) is 5.56 Å². The smallest absolute Gasteiger partial charge is 0.326 e. The predicted octanol–water partition coefficient (Wildman–Crippen LogP) is -0.0837. The Morgan fingerprint density at radius 2 is 2.10 bits per heavy atom. The first-order chi connectivity index (χ1) is 9.51. The Morgan fingerprint density at radius 1 is 1.40 bits per heavy atom. The van der Waals surface area contributed by atoms with Gasteiger partial charge in [0.1, 0.15) is 11.6 Å². The maximum absolute atomic E-state index is 12.1. The van der Waals surface area contributed by atoms with Gasteiger partial charge in [0.15, 0.2) is 0 Å². The number of nitrogens with one attached hydrogen (secondary N) is 1. The Labute approximate surface area is 116 Å². The Bertz CT molecular complexity index is 483. The van der Waals surface area contributed by atoms with Gasteiger partial charge in [0.2, 0.25) is 5.91 Å². The van der Waals surface area contributed by atoms with Gasteiger partial charge in [-0.15, -0.1) is 0 Å². The lowest BCUT2D eigenvalue weighted by Crippen LogP contribution is -2.58. The molecular weight excluding hydrogens is 260 g/mol. The molecule has 1 aromatic rings. The van der Waals surface area contributed by atoms with Crippen LogP contribution in [0.4, 0.5) is 0 Å². The largest absolute Gasteiger partial charge is 0.480 e. The van der Waals surface area contributed by atoms with Gasteiger partial charge >= 0.3 is 5.97 Å². The molecule has 0 aromatic heterocycles. The van der Waals surface area contributed by atoms with E-state index in [9.17, 15) is 14.7 Å². The van der Waals surface area contributed by atoms with Gasteiger partial charge in [-0.2, -0.15) is 0 Å². The van der Waals surface area contributed by atoms with Crippen LogP contribution >= 0.6 is 0 Å². The molecule has 0 spiro atoms. The van der Waals surface area contributed by atoms with E-state index < -0.39 is 23.5 Å². The molecule has 1 aliphatic rings. The van der Waals surface area contributed by atoms with Gasteiger partial charge in [-0.1, -0.05) is 30.3 Å². The second-order valence-electron chi connectivity index (χ2n) is 5.01. The maximum atomic E-state index is 12.1. The standard InChI is InChI=1S/C14H18N2O4/c15-14(6-7-20-9-14)13(19)16-11(12(17)18)8-10-4-2-1-3-5-10/h1-5,11H,6-9,15H2,(H,16,19)(H,17,18)/t11-,14?/m1/s1. The summed E-state index contributed by atoms with van der Waals surface area (Å²) in [6, 6.07) is 8.14. The molecule has 1 fully saturated rings. The topological polar surface area (TPSA) is 102 Å². The molecule has 6 heteroatoms. The number of carboxylic acids is 1. The molecule has 0 aliphatic carbocycles. The number of hydrogen-bond donors (Lipinski definition) is 3. The molecule has 2 atom stereocenters. The Hall–Kier alpha value is -1.92. The molecular formula is C14H18N2O4. The molecule has 0 bridgehead atoms. The van der Waals surface area contributed by atoms with Crippen molar-refractivity contribution in [3.63, 3.8) is 0 Å². The van der Waals surface area contributed by atoms with Gasteiger partial charge in [-0.05, 0) is 12.0 Å². The minimum Gasteiger partial charge on any atom is -0.480 e. The van der Waals surface area contributed by atoms with E-state index in [-0.39, 0.29) is 13.0 Å². The van der Waals surface area contributed by atoms with E-state index in [1.807, 2.05) is 30.3 Å². The Balaban J connectivity index is 2.02. The van der Waals surface area contributed by atoms with Crippen LogP contribution in [0.2, 0.25) is 0 Å². The van der Waals surface area contributed by atoms with Crippen LogP contribution in [0.25, 0.3) is 0 Å². The number of carbonyl (C=O) groups is 2. The van der Waals surface area contributed by atoms with Crippen LogP contribution in [0, 0.1) is 0 Å². The molecule has 4 N–H and O–H groups in total. The van der Waals surface area contributed by atoms with Crippen molar-refractivity contribution in [2.24, 2.45) is 5.73 Å². The molecule has 1 saturated heterocycles. The number of rotatable bonds is 5. The molecule has 1 amide bonds. The summed E-state index contributed by atoms with van der Waals surface area (Å²) in [5, 5.41) is 11.7. The number of carbonyl (C=O) groups excluding carboxylic acids is 1. The van der Waals surface area contributed by atoms with Crippen molar-refractivity contribution >= 4 is 11.9 Å². The summed E-state index contributed by atoms with van der Waals surface area (Å²) in [4.78, 5) is 23.4. The predicted molar refractivity (Wildman–Crippen MR) is 72.1 cm³/mol. The highest BCUT2D eigenvalue weighted by Crippen LogP contribution is 2.16.